The summed E-state index contributed by atoms with van der Waals surface area (Å²) >= 11 is 0. The first-order valence-electron chi connectivity index (χ1n) is 10.3. The molecule has 0 saturated carbocycles. The fourth-order valence-electron chi connectivity index (χ4n) is 4.17. The van der Waals surface area contributed by atoms with Gasteiger partial charge in [0.2, 0.25) is 0 Å². The van der Waals surface area contributed by atoms with Gasteiger partial charge in [-0.25, -0.2) is 0 Å². The number of pyridine rings is 1. The molecule has 0 fully saturated rings. The Morgan fingerprint density at radius 1 is 0.967 bits per heavy atom. The van der Waals surface area contributed by atoms with Gasteiger partial charge in [-0.15, -0.1) is 0 Å². The Morgan fingerprint density at radius 3 is 2.20 bits per heavy atom. The molecule has 1 aliphatic carbocycles. The van der Waals surface area contributed by atoms with Crippen molar-refractivity contribution in [3.8, 4) is 16.9 Å². The van der Waals surface area contributed by atoms with Crippen LogP contribution >= 0.6 is 0 Å². The first-order chi connectivity index (χ1) is 14.6. The third-order valence-electron chi connectivity index (χ3n) is 5.86. The monoisotopic (exact) mass is 402 g/mol. The van der Waals surface area contributed by atoms with E-state index in [2.05, 4.69) is 10.3 Å². The molecular formula is C25H26N2O3. The molecule has 5 heteroatoms. The lowest BCUT2D eigenvalue weighted by Gasteiger charge is -2.21. The standard InChI is InChI=1S/C25H26N2O3/c1-16-21-5-3-4-6-22(21)23(25(29)27-16)15-26-24(28)19-9-7-17(8-10-19)18-11-13-20(30-2)14-12-18/h7-14H,3-6,15H2,1-2H3,(H,26,28)(H,27,29). The Balaban J connectivity index is 1.48. The summed E-state index contributed by atoms with van der Waals surface area (Å²) in [6, 6.07) is 15.3. The fraction of sp³-hybridized carbons (Fsp3) is 0.280. The number of ether oxygens (including phenoxy) is 1. The van der Waals surface area contributed by atoms with Gasteiger partial charge in [-0.2, -0.15) is 0 Å². The number of hydrogen-bond acceptors (Lipinski definition) is 3. The van der Waals surface area contributed by atoms with Crippen molar-refractivity contribution in [2.24, 2.45) is 0 Å². The third-order valence-corrected chi connectivity index (χ3v) is 5.86. The Bertz CT molecular complexity index is 1110. The average molecular weight is 402 g/mol. The van der Waals surface area contributed by atoms with Crippen LogP contribution in [-0.2, 0) is 19.4 Å². The van der Waals surface area contributed by atoms with Crippen molar-refractivity contribution in [3.63, 3.8) is 0 Å². The van der Waals surface area contributed by atoms with Crippen molar-refractivity contribution < 1.29 is 9.53 Å². The maximum absolute atomic E-state index is 12.7. The van der Waals surface area contributed by atoms with Gasteiger partial charge in [-0.3, -0.25) is 9.59 Å². The highest BCUT2D eigenvalue weighted by molar-refractivity contribution is 5.94. The van der Waals surface area contributed by atoms with E-state index in [1.54, 1.807) is 7.11 Å². The molecular weight excluding hydrogens is 376 g/mol. The van der Waals surface area contributed by atoms with Gasteiger partial charge in [0.1, 0.15) is 5.75 Å². The zero-order valence-corrected chi connectivity index (χ0v) is 17.4. The second-order valence-electron chi connectivity index (χ2n) is 7.71. The van der Waals surface area contributed by atoms with Crippen LogP contribution < -0.4 is 15.6 Å². The molecule has 5 nitrogen and oxygen atoms in total. The fourth-order valence-corrected chi connectivity index (χ4v) is 4.17. The summed E-state index contributed by atoms with van der Waals surface area (Å²) in [5.41, 5.74) is 6.58. The van der Waals surface area contributed by atoms with Gasteiger partial charge < -0.3 is 15.0 Å². The lowest BCUT2D eigenvalue weighted by molar-refractivity contribution is 0.0950. The highest BCUT2D eigenvalue weighted by Crippen LogP contribution is 2.25. The third kappa shape index (κ3) is 4.01. The maximum atomic E-state index is 12.7. The number of nitrogens with one attached hydrogen (secondary N) is 2. The summed E-state index contributed by atoms with van der Waals surface area (Å²) in [4.78, 5) is 28.1. The number of hydrogen-bond donors (Lipinski definition) is 2. The number of aryl methyl sites for hydroxylation is 1. The van der Waals surface area contributed by atoms with Crippen LogP contribution in [0.4, 0.5) is 0 Å². The molecule has 1 heterocycles. The van der Waals surface area contributed by atoms with Crippen LogP contribution in [0.5, 0.6) is 5.75 Å². The Morgan fingerprint density at radius 2 is 1.57 bits per heavy atom. The molecule has 0 saturated heterocycles. The summed E-state index contributed by atoms with van der Waals surface area (Å²) in [5, 5.41) is 2.92. The Labute approximate surface area is 176 Å². The normalized spacial score (nSPS) is 12.9. The summed E-state index contributed by atoms with van der Waals surface area (Å²) in [7, 11) is 1.64. The number of carbonyl (C=O) groups is 1. The zero-order chi connectivity index (χ0) is 21.1. The molecule has 4 rings (SSSR count). The number of fused-ring (bicyclic) bond motifs is 1. The lowest BCUT2D eigenvalue weighted by Crippen LogP contribution is -2.30. The van der Waals surface area contributed by atoms with E-state index in [-0.39, 0.29) is 18.0 Å². The number of amides is 1. The van der Waals surface area contributed by atoms with Gasteiger partial charge >= 0.3 is 0 Å². The first kappa shape index (κ1) is 20.0. The van der Waals surface area contributed by atoms with Crippen molar-refractivity contribution >= 4 is 5.91 Å². The summed E-state index contributed by atoms with van der Waals surface area (Å²) < 4.78 is 5.19. The van der Waals surface area contributed by atoms with E-state index in [0.29, 0.717) is 11.1 Å². The Hall–Kier alpha value is -3.34. The van der Waals surface area contributed by atoms with Gasteiger partial charge in [0.05, 0.1) is 7.11 Å². The van der Waals surface area contributed by atoms with Crippen LogP contribution in [0.2, 0.25) is 0 Å². The molecule has 3 aromatic rings. The number of rotatable bonds is 5. The van der Waals surface area contributed by atoms with Crippen molar-refractivity contribution in [2.45, 2.75) is 39.2 Å². The van der Waals surface area contributed by atoms with E-state index in [4.69, 9.17) is 4.74 Å². The number of benzene rings is 2. The van der Waals surface area contributed by atoms with Gasteiger partial charge in [0.25, 0.3) is 11.5 Å². The van der Waals surface area contributed by atoms with Crippen LogP contribution in [0.1, 0.15) is 45.6 Å². The van der Waals surface area contributed by atoms with Crippen LogP contribution in [0, 0.1) is 6.92 Å². The van der Waals surface area contributed by atoms with Crippen molar-refractivity contribution in [1.29, 1.82) is 0 Å². The molecule has 0 atom stereocenters. The molecule has 0 unspecified atom stereocenters. The number of methoxy groups -OCH3 is 1. The molecule has 1 aliphatic rings. The number of carbonyl (C=O) groups excluding carboxylic acids is 1. The molecule has 2 N–H and O–H groups in total. The smallest absolute Gasteiger partial charge is 0.253 e. The van der Waals surface area contributed by atoms with Gasteiger partial charge in [-0.05, 0) is 79.1 Å². The maximum Gasteiger partial charge on any atom is 0.253 e. The SMILES string of the molecule is COc1ccc(-c2ccc(C(=O)NCc3c4c(c(C)[nH]c3=O)CCCC4)cc2)cc1. The minimum absolute atomic E-state index is 0.0942. The molecule has 154 valence electrons. The van der Waals surface area contributed by atoms with Crippen LogP contribution in [-0.4, -0.2) is 18.0 Å². The molecule has 1 aromatic heterocycles. The highest BCUT2D eigenvalue weighted by Gasteiger charge is 2.19. The molecule has 30 heavy (non-hydrogen) atoms. The second kappa shape index (κ2) is 8.57. The van der Waals surface area contributed by atoms with E-state index in [9.17, 15) is 9.59 Å². The van der Waals surface area contributed by atoms with Gasteiger partial charge in [-0.1, -0.05) is 24.3 Å². The van der Waals surface area contributed by atoms with E-state index < -0.39 is 0 Å². The number of aromatic nitrogens is 1. The molecule has 0 aliphatic heterocycles. The molecule has 0 radical (unpaired) electrons. The molecule has 0 bridgehead atoms. The second-order valence-corrected chi connectivity index (χ2v) is 7.71. The Kier molecular flexibility index (Phi) is 5.70. The topological polar surface area (TPSA) is 71.2 Å². The largest absolute Gasteiger partial charge is 0.497 e. The molecule has 2 aromatic carbocycles. The van der Waals surface area contributed by atoms with Crippen LogP contribution in [0.25, 0.3) is 11.1 Å². The van der Waals surface area contributed by atoms with E-state index in [1.165, 1.54) is 5.56 Å². The van der Waals surface area contributed by atoms with Gasteiger partial charge in [0, 0.05) is 23.4 Å². The van der Waals surface area contributed by atoms with Gasteiger partial charge in [0.15, 0.2) is 0 Å². The van der Waals surface area contributed by atoms with Crippen molar-refractivity contribution in [3.05, 3.63) is 86.8 Å². The summed E-state index contributed by atoms with van der Waals surface area (Å²) in [5.74, 6) is 0.629. The van der Waals surface area contributed by atoms with E-state index in [1.807, 2.05) is 55.5 Å². The minimum atomic E-state index is -0.180. The molecule has 1 amide bonds. The average Bonchev–Trinajstić information content (AvgIpc) is 2.79. The number of aromatic amines is 1. The summed E-state index contributed by atoms with van der Waals surface area (Å²) in [6.07, 6.45) is 4.13. The number of H-pyrrole nitrogens is 1. The first-order valence-corrected chi connectivity index (χ1v) is 10.3. The van der Waals surface area contributed by atoms with Crippen molar-refractivity contribution in [1.82, 2.24) is 10.3 Å². The minimum Gasteiger partial charge on any atom is -0.497 e. The predicted octanol–water partition coefficient (Wildman–Crippen LogP) is 4.17. The van der Waals surface area contributed by atoms with Crippen molar-refractivity contribution in [2.75, 3.05) is 7.11 Å². The summed E-state index contributed by atoms with van der Waals surface area (Å²) in [6.45, 7) is 2.20. The highest BCUT2D eigenvalue weighted by atomic mass is 16.5. The molecule has 0 spiro atoms. The zero-order valence-electron chi connectivity index (χ0n) is 17.4. The van der Waals surface area contributed by atoms with E-state index >= 15 is 0 Å². The lowest BCUT2D eigenvalue weighted by atomic mass is 9.88. The van der Waals surface area contributed by atoms with Crippen LogP contribution in [0.3, 0.4) is 0 Å². The van der Waals surface area contributed by atoms with Crippen LogP contribution in [0.15, 0.2) is 53.3 Å². The predicted molar refractivity (Wildman–Crippen MR) is 118 cm³/mol. The quantitative estimate of drug-likeness (QED) is 0.673. The van der Waals surface area contributed by atoms with E-state index in [0.717, 1.165) is 53.8 Å².